The summed E-state index contributed by atoms with van der Waals surface area (Å²) < 4.78 is 29.6. The van der Waals surface area contributed by atoms with E-state index in [2.05, 4.69) is 5.10 Å². The molecule has 0 saturated heterocycles. The maximum atomic E-state index is 14.2. The van der Waals surface area contributed by atoms with Crippen molar-refractivity contribution in [1.82, 2.24) is 9.78 Å². The van der Waals surface area contributed by atoms with Crippen molar-refractivity contribution in [1.29, 1.82) is 0 Å². The molecule has 0 atom stereocenters. The number of nitrogens with zero attached hydrogens (tertiary/aromatic N) is 2. The lowest BCUT2D eigenvalue weighted by atomic mass is 10.1. The van der Waals surface area contributed by atoms with Gasteiger partial charge in [0.25, 0.3) is 0 Å². The fourth-order valence-corrected chi connectivity index (χ4v) is 2.43. The molecule has 0 unspecified atom stereocenters. The van der Waals surface area contributed by atoms with Crippen molar-refractivity contribution in [3.63, 3.8) is 0 Å². The predicted octanol–water partition coefficient (Wildman–Crippen LogP) is 2.96. The Balaban J connectivity index is 2.68. The fraction of sp³-hybridized carbons (Fsp3) is 0.286. The first-order chi connectivity index (χ1) is 9.36. The van der Waals surface area contributed by atoms with Crippen molar-refractivity contribution in [2.45, 2.75) is 27.2 Å². The second-order valence-corrected chi connectivity index (χ2v) is 5.01. The van der Waals surface area contributed by atoms with Crippen molar-refractivity contribution >= 4 is 17.2 Å². The molecule has 6 heteroatoms. The van der Waals surface area contributed by atoms with Crippen LogP contribution >= 0.6 is 12.2 Å². The SMILES string of the molecule is CCc1c(C)nn(-c2c(F)cc(C(N)=S)cc2F)c1C. The fourth-order valence-electron chi connectivity index (χ4n) is 2.31. The van der Waals surface area contributed by atoms with E-state index in [-0.39, 0.29) is 16.2 Å². The van der Waals surface area contributed by atoms with Crippen LogP contribution < -0.4 is 5.73 Å². The highest BCUT2D eigenvalue weighted by molar-refractivity contribution is 7.80. The minimum atomic E-state index is -0.735. The van der Waals surface area contributed by atoms with Gasteiger partial charge >= 0.3 is 0 Å². The summed E-state index contributed by atoms with van der Waals surface area (Å²) in [5.41, 5.74) is 7.84. The number of thiocarbonyl (C=S) groups is 1. The predicted molar refractivity (Wildman–Crippen MR) is 78.2 cm³/mol. The number of hydrogen-bond donors (Lipinski definition) is 1. The lowest BCUT2D eigenvalue weighted by Gasteiger charge is -2.09. The number of aryl methyl sites for hydroxylation is 1. The van der Waals surface area contributed by atoms with Gasteiger partial charge in [-0.3, -0.25) is 0 Å². The van der Waals surface area contributed by atoms with Gasteiger partial charge in [0.1, 0.15) is 10.7 Å². The summed E-state index contributed by atoms with van der Waals surface area (Å²) in [5, 5.41) is 4.22. The molecule has 1 aromatic carbocycles. The standard InChI is InChI=1S/C14H15F2N3S/c1-4-10-7(2)18-19(8(10)3)13-11(15)5-9(14(17)20)6-12(13)16/h5-6H,4H2,1-3H3,(H2,17,20). The second kappa shape index (κ2) is 5.28. The minimum Gasteiger partial charge on any atom is -0.389 e. The van der Waals surface area contributed by atoms with Crippen LogP contribution in [0.2, 0.25) is 0 Å². The van der Waals surface area contributed by atoms with Gasteiger partial charge in [-0.05, 0) is 38.0 Å². The highest BCUT2D eigenvalue weighted by Gasteiger charge is 2.19. The maximum absolute atomic E-state index is 14.2. The van der Waals surface area contributed by atoms with Gasteiger partial charge in [-0.1, -0.05) is 19.1 Å². The average Bonchev–Trinajstić information content (AvgIpc) is 2.63. The third kappa shape index (κ3) is 2.31. The van der Waals surface area contributed by atoms with Crippen LogP contribution in [0, 0.1) is 25.5 Å². The number of nitrogens with two attached hydrogens (primary N) is 1. The van der Waals surface area contributed by atoms with Crippen LogP contribution in [0.4, 0.5) is 8.78 Å². The largest absolute Gasteiger partial charge is 0.389 e. The molecular formula is C14H15F2N3S. The molecule has 106 valence electrons. The van der Waals surface area contributed by atoms with Gasteiger partial charge in [-0.15, -0.1) is 0 Å². The lowest BCUT2D eigenvalue weighted by Crippen LogP contribution is -2.13. The van der Waals surface area contributed by atoms with Gasteiger partial charge in [0, 0.05) is 11.3 Å². The van der Waals surface area contributed by atoms with Crippen LogP contribution in [-0.2, 0) is 6.42 Å². The minimum absolute atomic E-state index is 0.0445. The zero-order valence-electron chi connectivity index (χ0n) is 11.5. The summed E-state index contributed by atoms with van der Waals surface area (Å²) in [6, 6.07) is 2.26. The molecule has 0 aliphatic carbocycles. The molecule has 1 aromatic heterocycles. The zero-order chi connectivity index (χ0) is 15.0. The monoisotopic (exact) mass is 295 g/mol. The molecule has 0 aliphatic heterocycles. The Kier molecular flexibility index (Phi) is 3.85. The topological polar surface area (TPSA) is 43.8 Å². The summed E-state index contributed by atoms with van der Waals surface area (Å²) in [5.74, 6) is -1.47. The van der Waals surface area contributed by atoms with Gasteiger partial charge in [0.2, 0.25) is 0 Å². The van der Waals surface area contributed by atoms with Crippen LogP contribution in [0.25, 0.3) is 5.69 Å². The molecule has 0 radical (unpaired) electrons. The third-order valence-corrected chi connectivity index (χ3v) is 3.54. The Morgan fingerprint density at radius 1 is 1.30 bits per heavy atom. The Morgan fingerprint density at radius 2 is 1.85 bits per heavy atom. The van der Waals surface area contributed by atoms with Crippen molar-refractivity contribution in [2.75, 3.05) is 0 Å². The number of benzene rings is 1. The van der Waals surface area contributed by atoms with Gasteiger partial charge < -0.3 is 5.73 Å². The van der Waals surface area contributed by atoms with Crippen molar-refractivity contribution in [3.05, 3.63) is 46.3 Å². The van der Waals surface area contributed by atoms with Crippen LogP contribution in [0.5, 0.6) is 0 Å². The smallest absolute Gasteiger partial charge is 0.152 e. The summed E-state index contributed by atoms with van der Waals surface area (Å²) in [7, 11) is 0. The highest BCUT2D eigenvalue weighted by atomic mass is 32.1. The maximum Gasteiger partial charge on any atom is 0.152 e. The van der Waals surface area contributed by atoms with Crippen LogP contribution in [0.1, 0.15) is 29.4 Å². The molecule has 0 bridgehead atoms. The number of aromatic nitrogens is 2. The van der Waals surface area contributed by atoms with E-state index >= 15 is 0 Å². The van der Waals surface area contributed by atoms with Crippen LogP contribution in [0.3, 0.4) is 0 Å². The Hall–Kier alpha value is -1.82. The number of rotatable bonds is 3. The summed E-state index contributed by atoms with van der Waals surface area (Å²) in [4.78, 5) is -0.0445. The normalized spacial score (nSPS) is 10.8. The molecule has 0 spiro atoms. The molecule has 2 aromatic rings. The van der Waals surface area contributed by atoms with E-state index in [0.29, 0.717) is 0 Å². The van der Waals surface area contributed by atoms with Crippen molar-refractivity contribution in [2.24, 2.45) is 5.73 Å². The van der Waals surface area contributed by atoms with E-state index in [1.807, 2.05) is 13.8 Å². The molecular weight excluding hydrogens is 280 g/mol. The Labute approximate surface area is 121 Å². The molecule has 1 heterocycles. The first-order valence-electron chi connectivity index (χ1n) is 6.21. The quantitative estimate of drug-likeness (QED) is 0.885. The molecule has 0 aliphatic rings. The van der Waals surface area contributed by atoms with E-state index in [9.17, 15) is 8.78 Å². The summed E-state index contributed by atoms with van der Waals surface area (Å²) >= 11 is 4.73. The van der Waals surface area contributed by atoms with Gasteiger partial charge in [0.15, 0.2) is 11.6 Å². The first kappa shape index (κ1) is 14.6. The molecule has 2 rings (SSSR count). The molecule has 0 saturated carbocycles. The van der Waals surface area contributed by atoms with E-state index in [4.69, 9.17) is 18.0 Å². The zero-order valence-corrected chi connectivity index (χ0v) is 12.3. The number of hydrogen-bond acceptors (Lipinski definition) is 2. The van der Waals surface area contributed by atoms with Gasteiger partial charge in [-0.2, -0.15) is 5.10 Å². The lowest BCUT2D eigenvalue weighted by molar-refractivity contribution is 0.556. The van der Waals surface area contributed by atoms with E-state index < -0.39 is 11.6 Å². The summed E-state index contributed by atoms with van der Waals surface area (Å²) in [6.45, 7) is 5.59. The Morgan fingerprint density at radius 3 is 2.25 bits per heavy atom. The van der Waals surface area contributed by atoms with E-state index in [0.717, 1.165) is 35.5 Å². The van der Waals surface area contributed by atoms with Crippen LogP contribution in [0.15, 0.2) is 12.1 Å². The summed E-state index contributed by atoms with van der Waals surface area (Å²) in [6.07, 6.45) is 0.756. The molecule has 0 fully saturated rings. The Bertz CT molecular complexity index is 669. The second-order valence-electron chi connectivity index (χ2n) is 4.57. The third-order valence-electron chi connectivity index (χ3n) is 3.31. The molecule has 3 nitrogen and oxygen atoms in total. The van der Waals surface area contributed by atoms with Crippen molar-refractivity contribution < 1.29 is 8.78 Å². The molecule has 20 heavy (non-hydrogen) atoms. The average molecular weight is 295 g/mol. The van der Waals surface area contributed by atoms with Gasteiger partial charge in [-0.25, -0.2) is 13.5 Å². The molecule has 0 amide bonds. The van der Waals surface area contributed by atoms with Gasteiger partial charge in [0.05, 0.1) is 5.69 Å². The molecule has 2 N–H and O–H groups in total. The van der Waals surface area contributed by atoms with E-state index in [1.54, 1.807) is 6.92 Å². The first-order valence-corrected chi connectivity index (χ1v) is 6.62. The van der Waals surface area contributed by atoms with Crippen molar-refractivity contribution in [3.8, 4) is 5.69 Å². The van der Waals surface area contributed by atoms with E-state index in [1.165, 1.54) is 4.68 Å². The number of halogens is 2. The highest BCUT2D eigenvalue weighted by Crippen LogP contribution is 2.24. The van der Waals surface area contributed by atoms with Crippen LogP contribution in [-0.4, -0.2) is 14.8 Å².